The predicted molar refractivity (Wildman–Crippen MR) is 111 cm³/mol. The molecule has 2 aromatic carbocycles. The van der Waals surface area contributed by atoms with E-state index in [4.69, 9.17) is 16.3 Å². The molecule has 140 valence electrons. The molecule has 0 N–H and O–H groups in total. The fourth-order valence-corrected chi connectivity index (χ4v) is 3.74. The third-order valence-corrected chi connectivity index (χ3v) is 5.35. The Hall–Kier alpha value is -2.24. The monoisotopic (exact) mass is 399 g/mol. The third kappa shape index (κ3) is 5.15. The second kappa shape index (κ2) is 9.11. The van der Waals surface area contributed by atoms with E-state index in [1.54, 1.807) is 11.8 Å². The van der Waals surface area contributed by atoms with Gasteiger partial charge in [0.15, 0.2) is 11.0 Å². The number of hydrogen-bond donors (Lipinski definition) is 0. The Morgan fingerprint density at radius 1 is 1.15 bits per heavy atom. The number of hydrogen-bond acceptors (Lipinski definition) is 4. The zero-order valence-electron chi connectivity index (χ0n) is 15.5. The highest BCUT2D eigenvalue weighted by Gasteiger charge is 2.13. The van der Waals surface area contributed by atoms with E-state index in [1.807, 2.05) is 35.8 Å². The lowest BCUT2D eigenvalue weighted by molar-refractivity contribution is 0.289. The van der Waals surface area contributed by atoms with Crippen LogP contribution in [0.15, 0.2) is 60.3 Å². The molecule has 3 rings (SSSR count). The molecule has 6 heteroatoms. The largest absolute Gasteiger partial charge is 0.484 e. The summed E-state index contributed by atoms with van der Waals surface area (Å²) in [6, 6.07) is 14.2. The van der Waals surface area contributed by atoms with Gasteiger partial charge in [-0.3, -0.25) is 4.57 Å². The maximum Gasteiger partial charge on any atom is 0.191 e. The molecule has 0 unspecified atom stereocenters. The molecule has 0 fully saturated rings. The van der Waals surface area contributed by atoms with Gasteiger partial charge in [0, 0.05) is 12.3 Å². The van der Waals surface area contributed by atoms with Gasteiger partial charge in [-0.25, -0.2) is 0 Å². The fraction of sp³-hybridized carbons (Fsp3) is 0.238. The summed E-state index contributed by atoms with van der Waals surface area (Å²) in [5.74, 6) is 2.24. The van der Waals surface area contributed by atoms with E-state index < -0.39 is 0 Å². The number of rotatable bonds is 8. The van der Waals surface area contributed by atoms with E-state index in [0.717, 1.165) is 22.3 Å². The Balaban J connectivity index is 1.72. The zero-order valence-corrected chi connectivity index (χ0v) is 17.1. The van der Waals surface area contributed by atoms with Crippen LogP contribution >= 0.6 is 23.4 Å². The van der Waals surface area contributed by atoms with Crippen molar-refractivity contribution in [2.24, 2.45) is 0 Å². The molecular weight excluding hydrogens is 378 g/mol. The number of benzene rings is 2. The summed E-state index contributed by atoms with van der Waals surface area (Å²) in [5.41, 5.74) is 3.61. The van der Waals surface area contributed by atoms with Gasteiger partial charge in [0.1, 0.15) is 12.4 Å². The summed E-state index contributed by atoms with van der Waals surface area (Å²) in [6.45, 7) is 8.87. The normalized spacial score (nSPS) is 10.8. The van der Waals surface area contributed by atoms with Crippen LogP contribution in [0.1, 0.15) is 22.5 Å². The number of halogens is 1. The highest BCUT2D eigenvalue weighted by molar-refractivity contribution is 7.98. The first-order valence-electron chi connectivity index (χ1n) is 8.67. The average molecular weight is 400 g/mol. The summed E-state index contributed by atoms with van der Waals surface area (Å²) >= 11 is 7.87. The number of ether oxygens (including phenoxy) is 1. The summed E-state index contributed by atoms with van der Waals surface area (Å²) in [5, 5.41) is 10.1. The van der Waals surface area contributed by atoms with Crippen molar-refractivity contribution >= 4 is 23.4 Å². The van der Waals surface area contributed by atoms with Crippen LogP contribution in [0.3, 0.4) is 0 Å². The first-order valence-corrected chi connectivity index (χ1v) is 10.0. The Morgan fingerprint density at radius 2 is 1.96 bits per heavy atom. The quantitative estimate of drug-likeness (QED) is 0.365. The van der Waals surface area contributed by atoms with E-state index in [2.05, 4.69) is 48.0 Å². The second-order valence-corrected chi connectivity index (χ2v) is 7.65. The molecule has 0 atom stereocenters. The topological polar surface area (TPSA) is 39.9 Å². The van der Waals surface area contributed by atoms with Crippen molar-refractivity contribution in [3.63, 3.8) is 0 Å². The van der Waals surface area contributed by atoms with Gasteiger partial charge in [0.2, 0.25) is 0 Å². The standard InChI is InChI=1S/C21H22ClN3OS/c1-4-10-25-20(13-26-19-12-16(3)8-9-18(19)22)23-24-21(25)27-14-17-7-5-6-15(2)11-17/h4-9,11-12H,1,10,13-14H2,2-3H3. The second-order valence-electron chi connectivity index (χ2n) is 6.30. The molecule has 0 aliphatic carbocycles. The summed E-state index contributed by atoms with van der Waals surface area (Å²) < 4.78 is 7.91. The third-order valence-electron chi connectivity index (χ3n) is 4.00. The number of nitrogens with zero attached hydrogens (tertiary/aromatic N) is 3. The molecule has 0 radical (unpaired) electrons. The van der Waals surface area contributed by atoms with Crippen LogP contribution in [0.5, 0.6) is 5.75 Å². The lowest BCUT2D eigenvalue weighted by Gasteiger charge is -2.10. The van der Waals surface area contributed by atoms with Crippen LogP contribution in [0, 0.1) is 13.8 Å². The number of allylic oxidation sites excluding steroid dienone is 1. The summed E-state index contributed by atoms with van der Waals surface area (Å²) in [7, 11) is 0. The van der Waals surface area contributed by atoms with E-state index in [1.165, 1.54) is 11.1 Å². The maximum atomic E-state index is 6.21. The fourth-order valence-electron chi connectivity index (χ4n) is 2.66. The minimum Gasteiger partial charge on any atom is -0.484 e. The van der Waals surface area contributed by atoms with Gasteiger partial charge in [-0.05, 0) is 37.1 Å². The van der Waals surface area contributed by atoms with Crippen LogP contribution in [0.2, 0.25) is 5.02 Å². The SMILES string of the molecule is C=CCn1c(COc2cc(C)ccc2Cl)nnc1SCc1cccc(C)c1. The molecule has 0 bridgehead atoms. The highest BCUT2D eigenvalue weighted by atomic mass is 35.5. The van der Waals surface area contributed by atoms with Gasteiger partial charge in [-0.2, -0.15) is 0 Å². The van der Waals surface area contributed by atoms with Crippen LogP contribution in [0.4, 0.5) is 0 Å². The predicted octanol–water partition coefficient (Wildman–Crippen LogP) is 5.61. The Morgan fingerprint density at radius 3 is 2.74 bits per heavy atom. The van der Waals surface area contributed by atoms with Gasteiger partial charge in [0.25, 0.3) is 0 Å². The number of thioether (sulfide) groups is 1. The lowest BCUT2D eigenvalue weighted by atomic mass is 10.2. The minimum atomic E-state index is 0.301. The molecule has 27 heavy (non-hydrogen) atoms. The van der Waals surface area contributed by atoms with Crippen molar-refractivity contribution in [2.75, 3.05) is 0 Å². The van der Waals surface area contributed by atoms with Crippen molar-refractivity contribution in [1.29, 1.82) is 0 Å². The highest BCUT2D eigenvalue weighted by Crippen LogP contribution is 2.27. The molecule has 0 saturated heterocycles. The molecular formula is C21H22ClN3OS. The van der Waals surface area contributed by atoms with Crippen LogP contribution in [-0.2, 0) is 18.9 Å². The van der Waals surface area contributed by atoms with E-state index in [-0.39, 0.29) is 0 Å². The van der Waals surface area contributed by atoms with Gasteiger partial charge < -0.3 is 4.74 Å². The molecule has 1 heterocycles. The molecule has 0 amide bonds. The molecule has 0 saturated carbocycles. The number of aryl methyl sites for hydroxylation is 2. The molecule has 0 aliphatic heterocycles. The Kier molecular flexibility index (Phi) is 6.58. The molecule has 0 spiro atoms. The van der Waals surface area contributed by atoms with Gasteiger partial charge >= 0.3 is 0 Å². The van der Waals surface area contributed by atoms with Crippen LogP contribution in [0.25, 0.3) is 0 Å². The van der Waals surface area contributed by atoms with Crippen molar-refractivity contribution < 1.29 is 4.74 Å². The summed E-state index contributed by atoms with van der Waals surface area (Å²) in [6.07, 6.45) is 1.84. The average Bonchev–Trinajstić information content (AvgIpc) is 3.03. The first kappa shape index (κ1) is 19.5. The van der Waals surface area contributed by atoms with E-state index in [9.17, 15) is 0 Å². The van der Waals surface area contributed by atoms with Crippen LogP contribution < -0.4 is 4.74 Å². The molecule has 4 nitrogen and oxygen atoms in total. The Bertz CT molecular complexity index is 939. The van der Waals surface area contributed by atoms with Crippen molar-refractivity contribution in [2.45, 2.75) is 37.9 Å². The van der Waals surface area contributed by atoms with Gasteiger partial charge in [-0.15, -0.1) is 16.8 Å². The number of aromatic nitrogens is 3. The van der Waals surface area contributed by atoms with Crippen molar-refractivity contribution in [1.82, 2.24) is 14.8 Å². The minimum absolute atomic E-state index is 0.301. The first-order chi connectivity index (χ1) is 13.1. The van der Waals surface area contributed by atoms with E-state index >= 15 is 0 Å². The molecule has 0 aliphatic rings. The van der Waals surface area contributed by atoms with Crippen molar-refractivity contribution in [3.8, 4) is 5.75 Å². The Labute approximate surface area is 169 Å². The van der Waals surface area contributed by atoms with Crippen LogP contribution in [-0.4, -0.2) is 14.8 Å². The van der Waals surface area contributed by atoms with Crippen molar-refractivity contribution in [3.05, 3.63) is 82.7 Å². The molecule has 1 aromatic heterocycles. The molecule has 3 aromatic rings. The maximum absolute atomic E-state index is 6.21. The summed E-state index contributed by atoms with van der Waals surface area (Å²) in [4.78, 5) is 0. The lowest BCUT2D eigenvalue weighted by Crippen LogP contribution is -2.07. The van der Waals surface area contributed by atoms with E-state index in [0.29, 0.717) is 23.9 Å². The smallest absolute Gasteiger partial charge is 0.191 e. The van der Waals surface area contributed by atoms with Gasteiger partial charge in [-0.1, -0.05) is 65.3 Å². The van der Waals surface area contributed by atoms with Gasteiger partial charge in [0.05, 0.1) is 5.02 Å². The zero-order chi connectivity index (χ0) is 19.2.